The number of nitrogens with two attached hydrogens (primary N) is 1. The standard InChI is InChI=1S/C11H24N2O3/c1-9(2)7-13(5-6-16-4)8-11(3,12)10(14)15/h9H,5-8,12H2,1-4H3,(H,14,15). The second-order valence-electron chi connectivity index (χ2n) is 4.84. The minimum atomic E-state index is -1.21. The lowest BCUT2D eigenvalue weighted by Crippen LogP contribution is -2.54. The maximum absolute atomic E-state index is 10.9. The minimum absolute atomic E-state index is 0.337. The van der Waals surface area contributed by atoms with Gasteiger partial charge in [0.15, 0.2) is 0 Å². The van der Waals surface area contributed by atoms with Crippen molar-refractivity contribution in [2.45, 2.75) is 26.3 Å². The van der Waals surface area contributed by atoms with Crippen molar-refractivity contribution in [3.05, 3.63) is 0 Å². The molecule has 5 nitrogen and oxygen atoms in total. The lowest BCUT2D eigenvalue weighted by molar-refractivity contribution is -0.143. The summed E-state index contributed by atoms with van der Waals surface area (Å²) in [4.78, 5) is 13.0. The normalized spacial score (nSPS) is 15.4. The van der Waals surface area contributed by atoms with Gasteiger partial charge in [0, 0.05) is 26.7 Å². The second-order valence-corrected chi connectivity index (χ2v) is 4.84. The predicted molar refractivity (Wildman–Crippen MR) is 63.4 cm³/mol. The zero-order valence-electron chi connectivity index (χ0n) is 10.7. The molecule has 0 bridgehead atoms. The summed E-state index contributed by atoms with van der Waals surface area (Å²) in [6.45, 7) is 8.17. The van der Waals surface area contributed by atoms with Gasteiger partial charge < -0.3 is 15.6 Å². The highest BCUT2D eigenvalue weighted by atomic mass is 16.5. The molecule has 1 unspecified atom stereocenters. The first-order valence-corrected chi connectivity index (χ1v) is 5.53. The molecule has 0 aromatic rings. The van der Waals surface area contributed by atoms with Crippen molar-refractivity contribution < 1.29 is 14.6 Å². The van der Waals surface area contributed by atoms with E-state index in [1.807, 2.05) is 4.90 Å². The number of hydrogen-bond acceptors (Lipinski definition) is 4. The van der Waals surface area contributed by atoms with E-state index in [1.165, 1.54) is 6.92 Å². The molecule has 0 amide bonds. The Kier molecular flexibility index (Phi) is 6.55. The van der Waals surface area contributed by atoms with Crippen LogP contribution in [-0.2, 0) is 9.53 Å². The highest BCUT2D eigenvalue weighted by molar-refractivity contribution is 5.78. The molecule has 5 heteroatoms. The summed E-state index contributed by atoms with van der Waals surface area (Å²) in [5, 5.41) is 8.97. The zero-order valence-corrected chi connectivity index (χ0v) is 10.7. The van der Waals surface area contributed by atoms with E-state index in [4.69, 9.17) is 15.6 Å². The van der Waals surface area contributed by atoms with Crippen LogP contribution in [0, 0.1) is 5.92 Å². The molecular formula is C11H24N2O3. The van der Waals surface area contributed by atoms with Crippen LogP contribution >= 0.6 is 0 Å². The number of carboxylic acids is 1. The number of hydrogen-bond donors (Lipinski definition) is 2. The van der Waals surface area contributed by atoms with E-state index in [9.17, 15) is 4.79 Å². The number of ether oxygens (including phenoxy) is 1. The third-order valence-corrected chi connectivity index (χ3v) is 2.28. The van der Waals surface area contributed by atoms with Gasteiger partial charge in [0.25, 0.3) is 0 Å². The first kappa shape index (κ1) is 15.3. The largest absolute Gasteiger partial charge is 0.480 e. The fourth-order valence-corrected chi connectivity index (χ4v) is 1.50. The van der Waals surface area contributed by atoms with Crippen molar-refractivity contribution in [3.63, 3.8) is 0 Å². The van der Waals surface area contributed by atoms with Gasteiger partial charge in [-0.15, -0.1) is 0 Å². The molecule has 0 aliphatic heterocycles. The first-order chi connectivity index (χ1) is 7.29. The maximum Gasteiger partial charge on any atom is 0.324 e. The Morgan fingerprint density at radius 1 is 1.56 bits per heavy atom. The molecule has 1 atom stereocenters. The van der Waals surface area contributed by atoms with Gasteiger partial charge in [0.1, 0.15) is 5.54 Å². The molecule has 96 valence electrons. The topological polar surface area (TPSA) is 75.8 Å². The molecule has 0 spiro atoms. The van der Waals surface area contributed by atoms with Gasteiger partial charge >= 0.3 is 5.97 Å². The highest BCUT2D eigenvalue weighted by Crippen LogP contribution is 2.06. The van der Waals surface area contributed by atoms with E-state index < -0.39 is 11.5 Å². The first-order valence-electron chi connectivity index (χ1n) is 5.53. The average molecular weight is 232 g/mol. The number of aliphatic carboxylic acids is 1. The van der Waals surface area contributed by atoms with Gasteiger partial charge in [0.05, 0.1) is 6.61 Å². The van der Waals surface area contributed by atoms with Crippen molar-refractivity contribution in [2.24, 2.45) is 11.7 Å². The van der Waals surface area contributed by atoms with E-state index in [0.717, 1.165) is 6.54 Å². The molecule has 0 radical (unpaired) electrons. The predicted octanol–water partition coefficient (Wildman–Crippen LogP) is 0.393. The number of methoxy groups -OCH3 is 1. The molecule has 0 saturated carbocycles. The zero-order chi connectivity index (χ0) is 12.8. The number of carbonyl (C=O) groups is 1. The Morgan fingerprint density at radius 2 is 2.12 bits per heavy atom. The van der Waals surface area contributed by atoms with Crippen LogP contribution in [0.2, 0.25) is 0 Å². The van der Waals surface area contributed by atoms with E-state index in [1.54, 1.807) is 7.11 Å². The van der Waals surface area contributed by atoms with E-state index >= 15 is 0 Å². The highest BCUT2D eigenvalue weighted by Gasteiger charge is 2.30. The molecule has 0 fully saturated rings. The molecule has 3 N–H and O–H groups in total. The lowest BCUT2D eigenvalue weighted by Gasteiger charge is -2.30. The summed E-state index contributed by atoms with van der Waals surface area (Å²) >= 11 is 0. The molecular weight excluding hydrogens is 208 g/mol. The van der Waals surface area contributed by atoms with Crippen LogP contribution in [0.1, 0.15) is 20.8 Å². The summed E-state index contributed by atoms with van der Waals surface area (Å²) in [7, 11) is 1.63. The Bertz CT molecular complexity index is 217. The van der Waals surface area contributed by atoms with Crippen molar-refractivity contribution in [1.82, 2.24) is 4.90 Å². The Hall–Kier alpha value is -0.650. The van der Waals surface area contributed by atoms with Crippen molar-refractivity contribution >= 4 is 5.97 Å². The van der Waals surface area contributed by atoms with Crippen LogP contribution in [0.15, 0.2) is 0 Å². The van der Waals surface area contributed by atoms with Crippen molar-refractivity contribution in [2.75, 3.05) is 33.4 Å². The lowest BCUT2D eigenvalue weighted by atomic mass is 10.0. The molecule has 0 heterocycles. The third-order valence-electron chi connectivity index (χ3n) is 2.28. The van der Waals surface area contributed by atoms with E-state index in [0.29, 0.717) is 25.6 Å². The van der Waals surface area contributed by atoms with Crippen molar-refractivity contribution in [1.29, 1.82) is 0 Å². The molecule has 0 rings (SSSR count). The Balaban J connectivity index is 4.34. The van der Waals surface area contributed by atoms with Gasteiger partial charge in [-0.2, -0.15) is 0 Å². The number of rotatable bonds is 8. The summed E-state index contributed by atoms with van der Waals surface area (Å²) in [6, 6.07) is 0. The van der Waals surface area contributed by atoms with Gasteiger partial charge in [0.2, 0.25) is 0 Å². The fourth-order valence-electron chi connectivity index (χ4n) is 1.50. The molecule has 0 aliphatic rings. The number of carboxylic acid groups (broad SMARTS) is 1. The fraction of sp³-hybridized carbons (Fsp3) is 0.909. The summed E-state index contributed by atoms with van der Waals surface area (Å²) in [5.74, 6) is -0.500. The van der Waals surface area contributed by atoms with Crippen LogP contribution in [0.5, 0.6) is 0 Å². The van der Waals surface area contributed by atoms with Crippen LogP contribution in [0.25, 0.3) is 0 Å². The van der Waals surface area contributed by atoms with Gasteiger partial charge in [-0.1, -0.05) is 13.8 Å². The Morgan fingerprint density at radius 3 is 2.50 bits per heavy atom. The van der Waals surface area contributed by atoms with Crippen LogP contribution in [0.3, 0.4) is 0 Å². The van der Waals surface area contributed by atoms with Gasteiger partial charge in [-0.3, -0.25) is 9.69 Å². The molecule has 0 aromatic carbocycles. The minimum Gasteiger partial charge on any atom is -0.480 e. The monoisotopic (exact) mass is 232 g/mol. The maximum atomic E-state index is 10.9. The summed E-state index contributed by atoms with van der Waals surface area (Å²) < 4.78 is 5.00. The summed E-state index contributed by atoms with van der Waals surface area (Å²) in [5.41, 5.74) is 4.52. The van der Waals surface area contributed by atoms with Crippen LogP contribution in [-0.4, -0.2) is 54.9 Å². The number of nitrogens with zero attached hydrogens (tertiary/aromatic N) is 1. The molecule has 0 aromatic heterocycles. The smallest absolute Gasteiger partial charge is 0.324 e. The third kappa shape index (κ3) is 6.05. The van der Waals surface area contributed by atoms with E-state index in [2.05, 4.69) is 13.8 Å². The van der Waals surface area contributed by atoms with E-state index in [-0.39, 0.29) is 0 Å². The van der Waals surface area contributed by atoms with Crippen LogP contribution in [0.4, 0.5) is 0 Å². The quantitative estimate of drug-likeness (QED) is 0.633. The second kappa shape index (κ2) is 6.83. The van der Waals surface area contributed by atoms with Crippen LogP contribution < -0.4 is 5.73 Å². The average Bonchev–Trinajstić information content (AvgIpc) is 2.12. The van der Waals surface area contributed by atoms with Gasteiger partial charge in [-0.05, 0) is 12.8 Å². The molecule has 0 saturated heterocycles. The van der Waals surface area contributed by atoms with Crippen molar-refractivity contribution in [3.8, 4) is 0 Å². The SMILES string of the molecule is COCCN(CC(C)C)CC(C)(N)C(=O)O. The Labute approximate surface area is 97.6 Å². The van der Waals surface area contributed by atoms with Gasteiger partial charge in [-0.25, -0.2) is 0 Å². The molecule has 16 heavy (non-hydrogen) atoms. The molecule has 0 aliphatic carbocycles. The summed E-state index contributed by atoms with van der Waals surface area (Å²) in [6.07, 6.45) is 0.